The van der Waals surface area contributed by atoms with Crippen molar-refractivity contribution in [3.8, 4) is 11.3 Å². The van der Waals surface area contributed by atoms with Gasteiger partial charge in [-0.2, -0.15) is 10.1 Å². The lowest BCUT2D eigenvalue weighted by Gasteiger charge is -2.26. The highest BCUT2D eigenvalue weighted by molar-refractivity contribution is 5.63. The van der Waals surface area contributed by atoms with Gasteiger partial charge in [-0.1, -0.05) is 0 Å². The van der Waals surface area contributed by atoms with Crippen molar-refractivity contribution in [1.29, 1.82) is 0 Å². The molecule has 2 aliphatic heterocycles. The SMILES string of the molecule is F[C@@H]1COCC[C@@H]1Nc1nc2cnc(-c3cn[nH]c3)c(C3CCOCC3)n2n1. The lowest BCUT2D eigenvalue weighted by Crippen LogP contribution is -2.39. The molecule has 9 nitrogen and oxygen atoms in total. The molecule has 3 aromatic heterocycles. The van der Waals surface area contributed by atoms with E-state index in [1.54, 1.807) is 12.4 Å². The van der Waals surface area contributed by atoms with Crippen molar-refractivity contribution in [1.82, 2.24) is 29.8 Å². The smallest absolute Gasteiger partial charge is 0.243 e. The first kappa shape index (κ1) is 17.5. The molecule has 2 fully saturated rings. The lowest BCUT2D eigenvalue weighted by atomic mass is 9.93. The van der Waals surface area contributed by atoms with Gasteiger partial charge in [0.05, 0.1) is 36.4 Å². The molecule has 5 heterocycles. The van der Waals surface area contributed by atoms with Crippen molar-refractivity contribution >= 4 is 11.6 Å². The highest BCUT2D eigenvalue weighted by Gasteiger charge is 2.28. The predicted molar refractivity (Wildman–Crippen MR) is 98.9 cm³/mol. The second-order valence-electron chi connectivity index (χ2n) is 7.20. The van der Waals surface area contributed by atoms with Crippen LogP contribution >= 0.6 is 0 Å². The third-order valence-electron chi connectivity index (χ3n) is 5.39. The highest BCUT2D eigenvalue weighted by atomic mass is 19.1. The fourth-order valence-corrected chi connectivity index (χ4v) is 3.91. The van der Waals surface area contributed by atoms with E-state index in [4.69, 9.17) is 9.47 Å². The lowest BCUT2D eigenvalue weighted by molar-refractivity contribution is 0.0284. The normalized spacial score (nSPS) is 23.9. The molecule has 0 aliphatic carbocycles. The van der Waals surface area contributed by atoms with Gasteiger partial charge in [-0.3, -0.25) is 10.1 Å². The molecule has 0 amide bonds. The average Bonchev–Trinajstić information content (AvgIpc) is 3.39. The largest absolute Gasteiger partial charge is 0.381 e. The van der Waals surface area contributed by atoms with Crippen molar-refractivity contribution in [2.24, 2.45) is 0 Å². The third-order valence-corrected chi connectivity index (χ3v) is 5.39. The molecule has 3 aromatic rings. The molecule has 2 atom stereocenters. The van der Waals surface area contributed by atoms with E-state index in [9.17, 15) is 4.39 Å². The molecule has 10 heteroatoms. The second kappa shape index (κ2) is 7.44. The quantitative estimate of drug-likeness (QED) is 0.705. The van der Waals surface area contributed by atoms with E-state index in [1.807, 2.05) is 10.7 Å². The van der Waals surface area contributed by atoms with E-state index in [1.165, 1.54) is 0 Å². The monoisotopic (exact) mass is 387 g/mol. The van der Waals surface area contributed by atoms with Crippen LogP contribution in [0.3, 0.4) is 0 Å². The molecule has 0 aromatic carbocycles. The minimum atomic E-state index is -1.07. The van der Waals surface area contributed by atoms with Crippen molar-refractivity contribution in [2.45, 2.75) is 37.4 Å². The number of hydrogen-bond acceptors (Lipinski definition) is 7. The first-order valence-corrected chi connectivity index (χ1v) is 9.60. The molecule has 0 saturated carbocycles. The molecule has 2 saturated heterocycles. The Balaban J connectivity index is 1.55. The number of anilines is 1. The van der Waals surface area contributed by atoms with Crippen LogP contribution in [0.25, 0.3) is 16.9 Å². The Bertz CT molecular complexity index is 939. The van der Waals surface area contributed by atoms with Crippen LogP contribution in [-0.4, -0.2) is 68.4 Å². The fraction of sp³-hybridized carbons (Fsp3) is 0.556. The molecule has 28 heavy (non-hydrogen) atoms. The summed E-state index contributed by atoms with van der Waals surface area (Å²) in [6.07, 6.45) is 6.56. The van der Waals surface area contributed by atoms with Gasteiger partial charge in [0, 0.05) is 37.5 Å². The maximum Gasteiger partial charge on any atom is 0.243 e. The number of rotatable bonds is 4. The van der Waals surface area contributed by atoms with Crippen LogP contribution in [0.15, 0.2) is 18.6 Å². The maximum absolute atomic E-state index is 14.1. The molecule has 0 spiro atoms. The summed E-state index contributed by atoms with van der Waals surface area (Å²) in [5.41, 5.74) is 3.37. The van der Waals surface area contributed by atoms with Crippen LogP contribution in [-0.2, 0) is 9.47 Å². The van der Waals surface area contributed by atoms with Crippen LogP contribution < -0.4 is 5.32 Å². The Kier molecular flexibility index (Phi) is 4.65. The van der Waals surface area contributed by atoms with Gasteiger partial charge in [0.15, 0.2) is 5.65 Å². The number of fused-ring (bicyclic) bond motifs is 1. The topological polar surface area (TPSA) is 102 Å². The molecular formula is C18H22FN7O2. The van der Waals surface area contributed by atoms with Crippen LogP contribution in [0.1, 0.15) is 30.9 Å². The predicted octanol–water partition coefficient (Wildman–Crippen LogP) is 1.95. The van der Waals surface area contributed by atoms with E-state index in [2.05, 4.69) is 30.6 Å². The number of hydrogen-bond donors (Lipinski definition) is 2. The Morgan fingerprint density at radius 1 is 1.14 bits per heavy atom. The van der Waals surface area contributed by atoms with Crippen LogP contribution in [0.4, 0.5) is 10.3 Å². The van der Waals surface area contributed by atoms with Gasteiger partial charge in [-0.15, -0.1) is 5.10 Å². The number of ether oxygens (including phenoxy) is 2. The van der Waals surface area contributed by atoms with Crippen molar-refractivity contribution in [3.05, 3.63) is 24.3 Å². The summed E-state index contributed by atoms with van der Waals surface area (Å²) in [5, 5.41) is 14.7. The van der Waals surface area contributed by atoms with Gasteiger partial charge in [-0.05, 0) is 19.3 Å². The fourth-order valence-electron chi connectivity index (χ4n) is 3.91. The van der Waals surface area contributed by atoms with Gasteiger partial charge >= 0.3 is 0 Å². The molecule has 0 bridgehead atoms. The van der Waals surface area contributed by atoms with Crippen LogP contribution in [0.2, 0.25) is 0 Å². The van der Waals surface area contributed by atoms with Gasteiger partial charge in [0.25, 0.3) is 0 Å². The summed E-state index contributed by atoms with van der Waals surface area (Å²) in [6, 6.07) is -0.348. The average molecular weight is 387 g/mol. The van der Waals surface area contributed by atoms with Crippen molar-refractivity contribution < 1.29 is 13.9 Å². The molecule has 0 radical (unpaired) electrons. The standard InChI is InChI=1S/C18H22FN7O2/c19-13-10-28-6-3-14(13)23-18-24-15-9-20-16(12-7-21-22-8-12)17(26(15)25-18)11-1-4-27-5-2-11/h7-9,11,13-14H,1-6,10H2,(H,21,22)(H,23,25)/t13-,14+/m1/s1. The van der Waals surface area contributed by atoms with E-state index in [0.717, 1.165) is 29.8 Å². The Morgan fingerprint density at radius 2 is 2.00 bits per heavy atom. The van der Waals surface area contributed by atoms with Gasteiger partial charge in [0.2, 0.25) is 5.95 Å². The molecule has 2 aliphatic rings. The van der Waals surface area contributed by atoms with Gasteiger partial charge in [0.1, 0.15) is 6.17 Å². The molecule has 148 valence electrons. The van der Waals surface area contributed by atoms with Crippen LogP contribution in [0.5, 0.6) is 0 Å². The minimum Gasteiger partial charge on any atom is -0.381 e. The number of nitrogens with zero attached hydrogens (tertiary/aromatic N) is 5. The number of alkyl halides is 1. The summed E-state index contributed by atoms with van der Waals surface area (Å²) < 4.78 is 26.7. The minimum absolute atomic E-state index is 0.102. The zero-order chi connectivity index (χ0) is 18.9. The summed E-state index contributed by atoms with van der Waals surface area (Å²) >= 11 is 0. The zero-order valence-corrected chi connectivity index (χ0v) is 15.3. The third kappa shape index (κ3) is 3.22. The van der Waals surface area contributed by atoms with E-state index in [0.29, 0.717) is 37.8 Å². The molecule has 5 rings (SSSR count). The number of aromatic amines is 1. The van der Waals surface area contributed by atoms with Crippen LogP contribution in [0, 0.1) is 0 Å². The number of H-pyrrole nitrogens is 1. The molecule has 2 N–H and O–H groups in total. The number of aromatic nitrogens is 6. The Morgan fingerprint density at radius 3 is 2.79 bits per heavy atom. The first-order valence-electron chi connectivity index (χ1n) is 9.60. The maximum atomic E-state index is 14.1. The summed E-state index contributed by atoms with van der Waals surface area (Å²) in [5.74, 6) is 0.662. The molecule has 0 unspecified atom stereocenters. The Hall–Kier alpha value is -2.59. The van der Waals surface area contributed by atoms with Gasteiger partial charge in [-0.25, -0.2) is 8.91 Å². The summed E-state index contributed by atoms with van der Waals surface area (Å²) in [7, 11) is 0. The highest BCUT2D eigenvalue weighted by Crippen LogP contribution is 2.33. The zero-order valence-electron chi connectivity index (χ0n) is 15.3. The Labute approximate surface area is 160 Å². The van der Waals surface area contributed by atoms with Gasteiger partial charge < -0.3 is 14.8 Å². The number of nitrogens with one attached hydrogen (secondary N) is 2. The number of halogens is 1. The van der Waals surface area contributed by atoms with E-state index < -0.39 is 6.17 Å². The second-order valence-corrected chi connectivity index (χ2v) is 7.20. The van der Waals surface area contributed by atoms with Crippen molar-refractivity contribution in [3.63, 3.8) is 0 Å². The van der Waals surface area contributed by atoms with Crippen molar-refractivity contribution in [2.75, 3.05) is 31.7 Å². The molecular weight excluding hydrogens is 365 g/mol. The summed E-state index contributed by atoms with van der Waals surface area (Å²) in [6.45, 7) is 2.05. The summed E-state index contributed by atoms with van der Waals surface area (Å²) in [4.78, 5) is 9.19. The first-order chi connectivity index (χ1) is 13.8. The van der Waals surface area contributed by atoms with E-state index >= 15 is 0 Å². The van der Waals surface area contributed by atoms with E-state index in [-0.39, 0.29) is 18.6 Å².